The van der Waals surface area contributed by atoms with Gasteiger partial charge in [0, 0.05) is 44.6 Å². The number of rotatable bonds is 3. The van der Waals surface area contributed by atoms with Crippen LogP contribution in [0.2, 0.25) is 0 Å². The molecule has 7 heteroatoms. The Kier molecular flexibility index (Phi) is 5.58. The van der Waals surface area contributed by atoms with Crippen molar-refractivity contribution < 1.29 is 14.2 Å². The SMILES string of the molecule is CN=C(NC1C2CCOC2C1(C)C)N(C)Cc1ccc2c(c1)OCO2.I. The molecule has 3 unspecified atom stereocenters. The second-order valence-electron chi connectivity index (χ2n) is 7.78. The van der Waals surface area contributed by atoms with Crippen LogP contribution in [0.3, 0.4) is 0 Å². The largest absolute Gasteiger partial charge is 0.454 e. The van der Waals surface area contributed by atoms with Crippen LogP contribution in [0.15, 0.2) is 23.2 Å². The van der Waals surface area contributed by atoms with Crippen LogP contribution in [0.25, 0.3) is 0 Å². The van der Waals surface area contributed by atoms with Gasteiger partial charge in [-0.3, -0.25) is 4.99 Å². The number of aliphatic imine (C=N–C) groups is 1. The molecule has 1 N–H and O–H groups in total. The number of hydrogen-bond acceptors (Lipinski definition) is 4. The van der Waals surface area contributed by atoms with E-state index in [4.69, 9.17) is 14.2 Å². The van der Waals surface area contributed by atoms with E-state index in [1.54, 1.807) is 0 Å². The van der Waals surface area contributed by atoms with E-state index in [0.717, 1.165) is 37.0 Å². The first-order chi connectivity index (χ1) is 12.0. The summed E-state index contributed by atoms with van der Waals surface area (Å²) in [6, 6.07) is 6.49. The van der Waals surface area contributed by atoms with Crippen LogP contribution in [0.4, 0.5) is 0 Å². The highest BCUT2D eigenvalue weighted by Gasteiger charge is 2.59. The lowest BCUT2D eigenvalue weighted by Gasteiger charge is -2.55. The second-order valence-corrected chi connectivity index (χ2v) is 7.78. The Morgan fingerprint density at radius 3 is 2.85 bits per heavy atom. The summed E-state index contributed by atoms with van der Waals surface area (Å²) in [6.45, 7) is 6.50. The molecule has 2 heterocycles. The number of halogens is 1. The summed E-state index contributed by atoms with van der Waals surface area (Å²) in [5.41, 5.74) is 1.31. The fourth-order valence-corrected chi connectivity index (χ4v) is 4.49. The Morgan fingerprint density at radius 1 is 1.31 bits per heavy atom. The summed E-state index contributed by atoms with van der Waals surface area (Å²) in [7, 11) is 3.90. The van der Waals surface area contributed by atoms with Gasteiger partial charge in [0.05, 0.1) is 6.10 Å². The predicted octanol–water partition coefficient (Wildman–Crippen LogP) is 2.85. The quantitative estimate of drug-likeness (QED) is 0.416. The average Bonchev–Trinajstić information content (AvgIpc) is 3.22. The number of nitrogens with one attached hydrogen (secondary N) is 1. The van der Waals surface area contributed by atoms with Gasteiger partial charge in [-0.15, -0.1) is 24.0 Å². The predicted molar refractivity (Wildman–Crippen MR) is 111 cm³/mol. The van der Waals surface area contributed by atoms with Gasteiger partial charge in [-0.1, -0.05) is 19.9 Å². The summed E-state index contributed by atoms with van der Waals surface area (Å²) in [5.74, 6) is 3.14. The topological polar surface area (TPSA) is 55.3 Å². The maximum Gasteiger partial charge on any atom is 0.231 e. The highest BCUT2D eigenvalue weighted by molar-refractivity contribution is 14.0. The molecule has 144 valence electrons. The molecule has 1 aromatic carbocycles. The molecule has 1 saturated heterocycles. The molecule has 3 aliphatic rings. The molecule has 1 saturated carbocycles. The summed E-state index contributed by atoms with van der Waals surface area (Å²) in [4.78, 5) is 6.64. The lowest BCUT2D eigenvalue weighted by Crippen LogP contribution is -2.67. The van der Waals surface area contributed by atoms with Crippen LogP contribution in [0, 0.1) is 11.3 Å². The van der Waals surface area contributed by atoms with Crippen molar-refractivity contribution in [2.45, 2.75) is 39.0 Å². The molecule has 1 aromatic rings. The van der Waals surface area contributed by atoms with Gasteiger partial charge in [0.25, 0.3) is 0 Å². The number of guanidine groups is 1. The van der Waals surface area contributed by atoms with E-state index in [9.17, 15) is 0 Å². The van der Waals surface area contributed by atoms with E-state index in [0.29, 0.717) is 24.9 Å². The summed E-state index contributed by atoms with van der Waals surface area (Å²) >= 11 is 0. The van der Waals surface area contributed by atoms with E-state index in [1.165, 1.54) is 5.56 Å². The molecule has 0 bridgehead atoms. The molecule has 1 aliphatic carbocycles. The maximum atomic E-state index is 5.89. The standard InChI is InChI=1S/C19H27N3O3.HI/c1-19(2)16(13-7-8-23-17(13)19)21-18(20-3)22(4)10-12-5-6-14-15(9-12)25-11-24-14;/h5-6,9,13,16-17H,7-8,10-11H2,1-4H3,(H,20,21);1H. The van der Waals surface area contributed by atoms with Crippen molar-refractivity contribution in [1.29, 1.82) is 0 Å². The number of fused-ring (bicyclic) bond motifs is 2. The van der Waals surface area contributed by atoms with Gasteiger partial charge in [0.15, 0.2) is 17.5 Å². The van der Waals surface area contributed by atoms with Crippen LogP contribution < -0.4 is 14.8 Å². The van der Waals surface area contributed by atoms with E-state index < -0.39 is 0 Å². The molecular weight excluding hydrogens is 445 g/mol. The van der Waals surface area contributed by atoms with Gasteiger partial charge < -0.3 is 24.4 Å². The number of nitrogens with zero attached hydrogens (tertiary/aromatic N) is 2. The van der Waals surface area contributed by atoms with Gasteiger partial charge >= 0.3 is 0 Å². The minimum atomic E-state index is 0. The molecule has 3 atom stereocenters. The van der Waals surface area contributed by atoms with Crippen LogP contribution in [-0.2, 0) is 11.3 Å². The van der Waals surface area contributed by atoms with E-state index in [-0.39, 0.29) is 29.4 Å². The van der Waals surface area contributed by atoms with Crippen molar-refractivity contribution in [3.8, 4) is 11.5 Å². The Morgan fingerprint density at radius 2 is 2.08 bits per heavy atom. The van der Waals surface area contributed by atoms with Crippen molar-refractivity contribution in [2.24, 2.45) is 16.3 Å². The van der Waals surface area contributed by atoms with Gasteiger partial charge in [0.1, 0.15) is 0 Å². The van der Waals surface area contributed by atoms with E-state index in [1.807, 2.05) is 19.2 Å². The van der Waals surface area contributed by atoms with Crippen molar-refractivity contribution in [3.63, 3.8) is 0 Å². The van der Waals surface area contributed by atoms with Crippen molar-refractivity contribution >= 4 is 29.9 Å². The van der Waals surface area contributed by atoms with Gasteiger partial charge in [-0.05, 0) is 24.1 Å². The third kappa shape index (κ3) is 3.24. The van der Waals surface area contributed by atoms with Crippen molar-refractivity contribution in [1.82, 2.24) is 10.2 Å². The zero-order chi connectivity index (χ0) is 17.6. The minimum absolute atomic E-state index is 0. The third-order valence-electron chi connectivity index (χ3n) is 5.82. The molecule has 4 rings (SSSR count). The molecule has 0 radical (unpaired) electrons. The van der Waals surface area contributed by atoms with Crippen LogP contribution in [0.5, 0.6) is 11.5 Å². The minimum Gasteiger partial charge on any atom is -0.454 e. The van der Waals surface area contributed by atoms with Crippen molar-refractivity contribution in [2.75, 3.05) is 27.5 Å². The fraction of sp³-hybridized carbons (Fsp3) is 0.632. The molecule has 26 heavy (non-hydrogen) atoms. The van der Waals surface area contributed by atoms with Gasteiger partial charge in [-0.25, -0.2) is 0 Å². The first-order valence-electron chi connectivity index (χ1n) is 8.95. The fourth-order valence-electron chi connectivity index (χ4n) is 4.49. The van der Waals surface area contributed by atoms with Crippen LogP contribution in [0.1, 0.15) is 25.8 Å². The zero-order valence-electron chi connectivity index (χ0n) is 15.8. The number of benzene rings is 1. The normalized spacial score (nSPS) is 28.0. The Bertz CT molecular complexity index is 695. The molecule has 0 amide bonds. The lowest BCUT2D eigenvalue weighted by molar-refractivity contribution is -0.107. The molecule has 0 aromatic heterocycles. The molecule has 2 aliphatic heterocycles. The third-order valence-corrected chi connectivity index (χ3v) is 5.82. The number of hydrogen-bond donors (Lipinski definition) is 1. The summed E-state index contributed by atoms with van der Waals surface area (Å²) in [6.07, 6.45) is 1.51. The molecule has 6 nitrogen and oxygen atoms in total. The second kappa shape index (κ2) is 7.42. The first-order valence-corrected chi connectivity index (χ1v) is 8.95. The Labute approximate surface area is 172 Å². The lowest BCUT2D eigenvalue weighted by atomic mass is 9.57. The van der Waals surface area contributed by atoms with Gasteiger partial charge in [0.2, 0.25) is 6.79 Å². The monoisotopic (exact) mass is 473 g/mol. The molecule has 0 spiro atoms. The highest BCUT2D eigenvalue weighted by Crippen LogP contribution is 2.52. The van der Waals surface area contributed by atoms with Crippen molar-refractivity contribution in [3.05, 3.63) is 23.8 Å². The molecular formula is C19H28IN3O3. The highest BCUT2D eigenvalue weighted by atomic mass is 127. The van der Waals surface area contributed by atoms with E-state index in [2.05, 4.69) is 42.2 Å². The first kappa shape index (κ1) is 19.5. The summed E-state index contributed by atoms with van der Waals surface area (Å²) in [5, 5.41) is 3.68. The number of ether oxygens (including phenoxy) is 3. The average molecular weight is 473 g/mol. The molecule has 2 fully saturated rings. The Balaban J connectivity index is 0.00000196. The maximum absolute atomic E-state index is 5.89. The zero-order valence-corrected chi connectivity index (χ0v) is 18.2. The van der Waals surface area contributed by atoms with Crippen LogP contribution in [-0.4, -0.2) is 50.5 Å². The Hall–Kier alpha value is -1.22. The van der Waals surface area contributed by atoms with Crippen LogP contribution >= 0.6 is 24.0 Å². The van der Waals surface area contributed by atoms with Gasteiger partial charge in [-0.2, -0.15) is 0 Å². The smallest absolute Gasteiger partial charge is 0.231 e. The van der Waals surface area contributed by atoms with E-state index >= 15 is 0 Å². The summed E-state index contributed by atoms with van der Waals surface area (Å²) < 4.78 is 16.7.